The van der Waals surface area contributed by atoms with Crippen molar-refractivity contribution in [2.45, 2.75) is 19.1 Å². The molecule has 0 aliphatic rings. The van der Waals surface area contributed by atoms with Gasteiger partial charge in [0, 0.05) is 39.7 Å². The van der Waals surface area contributed by atoms with Crippen LogP contribution in [0.2, 0.25) is 0 Å². The number of hydrogen-bond acceptors (Lipinski definition) is 2. The molecule has 0 saturated carbocycles. The average Bonchev–Trinajstić information content (AvgIpc) is 2.27. The maximum Gasteiger partial charge on any atom is 0.220 e. The second kappa shape index (κ2) is 7.61. The van der Waals surface area contributed by atoms with Gasteiger partial charge in [-0.15, -0.1) is 0 Å². The highest BCUT2D eigenvalue weighted by Gasteiger charge is 2.06. The van der Waals surface area contributed by atoms with Gasteiger partial charge in [-0.1, -0.05) is 28.1 Å². The monoisotopic (exact) mass is 317 g/mol. The predicted molar refractivity (Wildman–Crippen MR) is 74.2 cm³/mol. The zero-order valence-corrected chi connectivity index (χ0v) is 12.1. The second-order valence-corrected chi connectivity index (χ2v) is 6.11. The first-order valence-corrected chi connectivity index (χ1v) is 7.76. The van der Waals surface area contributed by atoms with Crippen molar-refractivity contribution >= 4 is 32.6 Å². The molecule has 1 aromatic carbocycles. The van der Waals surface area contributed by atoms with Crippen LogP contribution in [0.1, 0.15) is 18.9 Å². The number of carbonyl (C=O) groups excluding carboxylic acids is 1. The fraction of sp³-hybridized carbons (Fsp3) is 0.417. The van der Waals surface area contributed by atoms with E-state index >= 15 is 0 Å². The van der Waals surface area contributed by atoms with Gasteiger partial charge in [-0.05, 0) is 24.6 Å². The standard InChI is InChI=1S/C12H16BrNO2S/c1-2-14-12(15)6-7-17(16)9-10-4-3-5-11(13)8-10/h3-5,8H,2,6-7,9H2,1H3,(H,14,15). The Hall–Kier alpha value is -0.680. The predicted octanol–water partition coefficient (Wildman–Crippen LogP) is 2.22. The van der Waals surface area contributed by atoms with Crippen LogP contribution >= 0.6 is 15.9 Å². The van der Waals surface area contributed by atoms with Crippen molar-refractivity contribution < 1.29 is 9.00 Å². The van der Waals surface area contributed by atoms with Gasteiger partial charge in [0.1, 0.15) is 0 Å². The van der Waals surface area contributed by atoms with Gasteiger partial charge in [0.05, 0.1) is 0 Å². The first kappa shape index (κ1) is 14.4. The van der Waals surface area contributed by atoms with Crippen LogP contribution in [0.5, 0.6) is 0 Å². The molecule has 1 rings (SSSR count). The van der Waals surface area contributed by atoms with Gasteiger partial charge in [-0.3, -0.25) is 9.00 Å². The van der Waals surface area contributed by atoms with Crippen molar-refractivity contribution in [2.24, 2.45) is 0 Å². The molecule has 0 heterocycles. The molecule has 0 aliphatic carbocycles. The minimum absolute atomic E-state index is 0.0323. The Balaban J connectivity index is 2.37. The van der Waals surface area contributed by atoms with E-state index in [0.29, 0.717) is 24.5 Å². The molecule has 3 nitrogen and oxygen atoms in total. The lowest BCUT2D eigenvalue weighted by molar-refractivity contribution is -0.120. The first-order valence-electron chi connectivity index (χ1n) is 5.48. The highest BCUT2D eigenvalue weighted by atomic mass is 79.9. The van der Waals surface area contributed by atoms with Crippen LogP contribution in [0.15, 0.2) is 28.7 Å². The topological polar surface area (TPSA) is 46.2 Å². The fourth-order valence-corrected chi connectivity index (χ4v) is 2.93. The smallest absolute Gasteiger partial charge is 0.220 e. The van der Waals surface area contributed by atoms with Gasteiger partial charge in [0.15, 0.2) is 0 Å². The van der Waals surface area contributed by atoms with E-state index in [1.54, 1.807) is 0 Å². The Bertz CT molecular complexity index is 409. The summed E-state index contributed by atoms with van der Waals surface area (Å²) in [7, 11) is -0.985. The Kier molecular flexibility index (Phi) is 6.44. The van der Waals surface area contributed by atoms with Gasteiger partial charge >= 0.3 is 0 Å². The molecule has 0 aliphatic heterocycles. The summed E-state index contributed by atoms with van der Waals surface area (Å²) in [4.78, 5) is 11.2. The molecular weight excluding hydrogens is 302 g/mol. The Morgan fingerprint density at radius 2 is 2.24 bits per heavy atom. The van der Waals surface area contributed by atoms with Crippen molar-refractivity contribution in [3.8, 4) is 0 Å². The minimum atomic E-state index is -0.985. The lowest BCUT2D eigenvalue weighted by atomic mass is 10.2. The summed E-state index contributed by atoms with van der Waals surface area (Å²) < 4.78 is 12.7. The van der Waals surface area contributed by atoms with E-state index < -0.39 is 10.8 Å². The third-order valence-corrected chi connectivity index (χ3v) is 3.96. The quantitative estimate of drug-likeness (QED) is 0.874. The van der Waals surface area contributed by atoms with Crippen LogP contribution in [0.4, 0.5) is 0 Å². The van der Waals surface area contributed by atoms with Crippen LogP contribution in [0.25, 0.3) is 0 Å². The number of amides is 1. The van der Waals surface area contributed by atoms with Gasteiger partial charge in [0.25, 0.3) is 0 Å². The third-order valence-electron chi connectivity index (χ3n) is 2.15. The van der Waals surface area contributed by atoms with Gasteiger partial charge in [0.2, 0.25) is 5.91 Å². The summed E-state index contributed by atoms with van der Waals surface area (Å²) in [5.74, 6) is 0.882. The van der Waals surface area contributed by atoms with Crippen LogP contribution < -0.4 is 5.32 Å². The van der Waals surface area contributed by atoms with Crippen molar-refractivity contribution in [2.75, 3.05) is 12.3 Å². The zero-order chi connectivity index (χ0) is 12.7. The highest BCUT2D eigenvalue weighted by molar-refractivity contribution is 9.10. The lowest BCUT2D eigenvalue weighted by Crippen LogP contribution is -2.24. The minimum Gasteiger partial charge on any atom is -0.356 e. The van der Waals surface area contributed by atoms with Crippen LogP contribution in [-0.4, -0.2) is 22.4 Å². The Morgan fingerprint density at radius 1 is 1.47 bits per heavy atom. The van der Waals surface area contributed by atoms with E-state index in [0.717, 1.165) is 10.0 Å². The number of benzene rings is 1. The number of hydrogen-bond donors (Lipinski definition) is 1. The third kappa shape index (κ3) is 5.98. The SMILES string of the molecule is CCNC(=O)CCS(=O)Cc1cccc(Br)c1. The molecule has 1 N–H and O–H groups in total. The molecule has 0 saturated heterocycles. The number of halogens is 1. The lowest BCUT2D eigenvalue weighted by Gasteiger charge is -2.04. The molecule has 0 fully saturated rings. The fourth-order valence-electron chi connectivity index (χ4n) is 1.38. The number of rotatable bonds is 6. The molecule has 1 amide bonds. The molecule has 0 aromatic heterocycles. The molecular formula is C12H16BrNO2S. The van der Waals surface area contributed by atoms with Gasteiger partial charge in [-0.25, -0.2) is 0 Å². The van der Waals surface area contributed by atoms with Crippen molar-refractivity contribution in [3.63, 3.8) is 0 Å². The molecule has 0 radical (unpaired) electrons. The normalized spacial score (nSPS) is 12.1. The first-order chi connectivity index (χ1) is 8.11. The summed E-state index contributed by atoms with van der Waals surface area (Å²) in [6.45, 7) is 2.49. The Morgan fingerprint density at radius 3 is 2.88 bits per heavy atom. The molecule has 5 heteroatoms. The summed E-state index contributed by atoms with van der Waals surface area (Å²) >= 11 is 3.37. The zero-order valence-electron chi connectivity index (χ0n) is 9.74. The van der Waals surface area contributed by atoms with Gasteiger partial charge in [-0.2, -0.15) is 0 Å². The maximum absolute atomic E-state index is 11.7. The molecule has 0 bridgehead atoms. The van der Waals surface area contributed by atoms with Crippen LogP contribution in [-0.2, 0) is 21.3 Å². The molecule has 17 heavy (non-hydrogen) atoms. The van der Waals surface area contributed by atoms with Crippen molar-refractivity contribution in [1.29, 1.82) is 0 Å². The summed E-state index contributed by atoms with van der Waals surface area (Å²) in [5.41, 5.74) is 1.02. The molecule has 1 atom stereocenters. The summed E-state index contributed by atoms with van der Waals surface area (Å²) in [5, 5.41) is 2.69. The van der Waals surface area contributed by atoms with Crippen LogP contribution in [0, 0.1) is 0 Å². The van der Waals surface area contributed by atoms with Crippen molar-refractivity contribution in [1.82, 2.24) is 5.32 Å². The Labute approximate surface area is 113 Å². The summed E-state index contributed by atoms with van der Waals surface area (Å²) in [6.07, 6.45) is 0.328. The van der Waals surface area contributed by atoms with E-state index in [4.69, 9.17) is 0 Å². The average molecular weight is 318 g/mol. The largest absolute Gasteiger partial charge is 0.356 e. The van der Waals surface area contributed by atoms with E-state index in [-0.39, 0.29) is 5.91 Å². The van der Waals surface area contributed by atoms with E-state index in [1.807, 2.05) is 31.2 Å². The van der Waals surface area contributed by atoms with Crippen molar-refractivity contribution in [3.05, 3.63) is 34.3 Å². The maximum atomic E-state index is 11.7. The van der Waals surface area contributed by atoms with E-state index in [2.05, 4.69) is 21.2 Å². The molecule has 94 valence electrons. The van der Waals surface area contributed by atoms with E-state index in [9.17, 15) is 9.00 Å². The second-order valence-electron chi connectivity index (χ2n) is 3.62. The van der Waals surface area contributed by atoms with E-state index in [1.165, 1.54) is 0 Å². The van der Waals surface area contributed by atoms with Crippen LogP contribution in [0.3, 0.4) is 0 Å². The highest BCUT2D eigenvalue weighted by Crippen LogP contribution is 2.13. The molecule has 1 aromatic rings. The number of carbonyl (C=O) groups is 1. The number of nitrogens with one attached hydrogen (secondary N) is 1. The molecule has 1 unspecified atom stereocenters. The summed E-state index contributed by atoms with van der Waals surface area (Å²) in [6, 6.07) is 7.74. The molecule has 0 spiro atoms. The van der Waals surface area contributed by atoms with Gasteiger partial charge < -0.3 is 5.32 Å².